The second-order valence-electron chi connectivity index (χ2n) is 4.20. The molecular weight excluding hydrogens is 233 g/mol. The number of rotatable bonds is 9. The van der Waals surface area contributed by atoms with Crippen molar-refractivity contribution in [1.29, 1.82) is 0 Å². The van der Waals surface area contributed by atoms with Gasteiger partial charge in [-0.05, 0) is 36.9 Å². The summed E-state index contributed by atoms with van der Waals surface area (Å²) in [6.07, 6.45) is 1.71. The highest BCUT2D eigenvalue weighted by Crippen LogP contribution is 2.22. The second-order valence-corrected chi connectivity index (χ2v) is 4.20. The van der Waals surface area contributed by atoms with Gasteiger partial charge in [0.15, 0.2) is 0 Å². The van der Waals surface area contributed by atoms with E-state index in [4.69, 9.17) is 15.2 Å². The van der Waals surface area contributed by atoms with Gasteiger partial charge in [-0.2, -0.15) is 0 Å². The Morgan fingerprint density at radius 2 is 2.00 bits per heavy atom. The van der Waals surface area contributed by atoms with Crippen molar-refractivity contribution in [3.8, 4) is 0 Å². The average Bonchev–Trinajstić information content (AvgIpc) is 2.39. The first-order chi connectivity index (χ1) is 8.79. The van der Waals surface area contributed by atoms with Crippen LogP contribution in [0, 0.1) is 5.82 Å². The minimum atomic E-state index is -0.173. The number of nitrogens with two attached hydrogens (primary N) is 1. The molecule has 0 spiro atoms. The van der Waals surface area contributed by atoms with Crippen LogP contribution < -0.4 is 5.73 Å². The molecule has 4 heteroatoms. The zero-order chi connectivity index (χ0) is 13.2. The summed E-state index contributed by atoms with van der Waals surface area (Å²) in [4.78, 5) is 0. The van der Waals surface area contributed by atoms with E-state index in [9.17, 15) is 4.39 Å². The first kappa shape index (κ1) is 15.1. The van der Waals surface area contributed by atoms with Gasteiger partial charge in [0.2, 0.25) is 0 Å². The highest BCUT2D eigenvalue weighted by Gasteiger charge is 2.13. The fourth-order valence-corrected chi connectivity index (χ4v) is 1.88. The molecule has 0 aliphatic rings. The van der Waals surface area contributed by atoms with Crippen molar-refractivity contribution in [2.75, 3.05) is 33.5 Å². The molecule has 1 atom stereocenters. The largest absolute Gasteiger partial charge is 0.382 e. The Bertz CT molecular complexity index is 333. The van der Waals surface area contributed by atoms with Crippen LogP contribution in [0.3, 0.4) is 0 Å². The molecule has 0 aliphatic carbocycles. The van der Waals surface area contributed by atoms with Crippen LogP contribution in [0.2, 0.25) is 0 Å². The molecular formula is C14H22FNO2. The fourth-order valence-electron chi connectivity index (χ4n) is 1.88. The maximum atomic E-state index is 13.6. The van der Waals surface area contributed by atoms with Crippen molar-refractivity contribution >= 4 is 0 Å². The number of benzene rings is 1. The van der Waals surface area contributed by atoms with Gasteiger partial charge in [-0.3, -0.25) is 0 Å². The predicted molar refractivity (Wildman–Crippen MR) is 70.1 cm³/mol. The van der Waals surface area contributed by atoms with E-state index >= 15 is 0 Å². The molecule has 1 unspecified atom stereocenters. The van der Waals surface area contributed by atoms with Crippen LogP contribution >= 0.6 is 0 Å². The summed E-state index contributed by atoms with van der Waals surface area (Å²) in [5.74, 6) is -0.106. The van der Waals surface area contributed by atoms with Gasteiger partial charge in [0.25, 0.3) is 0 Å². The summed E-state index contributed by atoms with van der Waals surface area (Å²) in [5, 5.41) is 0. The minimum Gasteiger partial charge on any atom is -0.382 e. The first-order valence-electron chi connectivity index (χ1n) is 6.30. The number of halogens is 1. The lowest BCUT2D eigenvalue weighted by Gasteiger charge is -2.15. The molecule has 0 fully saturated rings. The quantitative estimate of drug-likeness (QED) is 0.689. The van der Waals surface area contributed by atoms with Crippen LogP contribution in [0.25, 0.3) is 0 Å². The second kappa shape index (κ2) is 9.03. The average molecular weight is 255 g/mol. The molecule has 1 rings (SSSR count). The third-order valence-electron chi connectivity index (χ3n) is 2.90. The standard InChI is InChI=1S/C14H22FNO2/c1-17-9-10-18-8-4-5-12(11-16)13-6-2-3-7-14(13)15/h2-3,6-7,12H,4-5,8-11,16H2,1H3. The highest BCUT2D eigenvalue weighted by molar-refractivity contribution is 5.21. The van der Waals surface area contributed by atoms with Gasteiger partial charge < -0.3 is 15.2 Å². The van der Waals surface area contributed by atoms with Crippen molar-refractivity contribution in [2.45, 2.75) is 18.8 Å². The zero-order valence-corrected chi connectivity index (χ0v) is 10.9. The summed E-state index contributed by atoms with van der Waals surface area (Å²) < 4.78 is 23.9. The molecule has 2 N–H and O–H groups in total. The Hall–Kier alpha value is -0.970. The zero-order valence-electron chi connectivity index (χ0n) is 10.9. The molecule has 0 radical (unpaired) electrons. The molecule has 1 aromatic rings. The van der Waals surface area contributed by atoms with Crippen LogP contribution in [0.4, 0.5) is 4.39 Å². The normalized spacial score (nSPS) is 12.6. The predicted octanol–water partition coefficient (Wildman–Crippen LogP) is 2.31. The Kier molecular flexibility index (Phi) is 7.57. The van der Waals surface area contributed by atoms with Gasteiger partial charge in [-0.1, -0.05) is 18.2 Å². The van der Waals surface area contributed by atoms with E-state index in [1.54, 1.807) is 19.2 Å². The maximum absolute atomic E-state index is 13.6. The molecule has 0 amide bonds. The number of ether oxygens (including phenoxy) is 2. The molecule has 0 saturated carbocycles. The lowest BCUT2D eigenvalue weighted by atomic mass is 9.94. The Morgan fingerprint density at radius 1 is 1.22 bits per heavy atom. The summed E-state index contributed by atoms with van der Waals surface area (Å²) in [6, 6.07) is 6.82. The van der Waals surface area contributed by atoms with E-state index in [0.717, 1.165) is 12.8 Å². The molecule has 0 aliphatic heterocycles. The van der Waals surface area contributed by atoms with E-state index in [-0.39, 0.29) is 11.7 Å². The third kappa shape index (κ3) is 5.12. The molecule has 102 valence electrons. The van der Waals surface area contributed by atoms with E-state index in [0.29, 0.717) is 31.9 Å². The van der Waals surface area contributed by atoms with Gasteiger partial charge in [-0.15, -0.1) is 0 Å². The lowest BCUT2D eigenvalue weighted by Crippen LogP contribution is -2.15. The Balaban J connectivity index is 2.32. The van der Waals surface area contributed by atoms with E-state index in [1.807, 2.05) is 6.07 Å². The first-order valence-corrected chi connectivity index (χ1v) is 6.30. The van der Waals surface area contributed by atoms with Crippen molar-refractivity contribution < 1.29 is 13.9 Å². The van der Waals surface area contributed by atoms with Gasteiger partial charge in [0, 0.05) is 13.7 Å². The topological polar surface area (TPSA) is 44.5 Å². The molecule has 0 saturated heterocycles. The van der Waals surface area contributed by atoms with E-state index in [1.165, 1.54) is 6.07 Å². The molecule has 0 bridgehead atoms. The molecule has 18 heavy (non-hydrogen) atoms. The fraction of sp³-hybridized carbons (Fsp3) is 0.571. The third-order valence-corrected chi connectivity index (χ3v) is 2.90. The van der Waals surface area contributed by atoms with Crippen molar-refractivity contribution in [3.63, 3.8) is 0 Å². The summed E-state index contributed by atoms with van der Waals surface area (Å²) in [5.41, 5.74) is 6.41. The summed E-state index contributed by atoms with van der Waals surface area (Å²) in [6.45, 7) is 2.32. The summed E-state index contributed by atoms with van der Waals surface area (Å²) >= 11 is 0. The van der Waals surface area contributed by atoms with E-state index < -0.39 is 0 Å². The van der Waals surface area contributed by atoms with Crippen LogP contribution in [0.15, 0.2) is 24.3 Å². The number of hydrogen-bond donors (Lipinski definition) is 1. The monoisotopic (exact) mass is 255 g/mol. The smallest absolute Gasteiger partial charge is 0.126 e. The van der Waals surface area contributed by atoms with Crippen molar-refractivity contribution in [3.05, 3.63) is 35.6 Å². The van der Waals surface area contributed by atoms with Crippen LogP contribution in [-0.4, -0.2) is 33.5 Å². The number of hydrogen-bond acceptors (Lipinski definition) is 3. The maximum Gasteiger partial charge on any atom is 0.126 e. The van der Waals surface area contributed by atoms with E-state index in [2.05, 4.69) is 0 Å². The molecule has 1 aromatic carbocycles. The van der Waals surface area contributed by atoms with Crippen LogP contribution in [0.5, 0.6) is 0 Å². The Labute approximate surface area is 108 Å². The SMILES string of the molecule is COCCOCCCC(CN)c1ccccc1F. The van der Waals surface area contributed by atoms with Crippen molar-refractivity contribution in [1.82, 2.24) is 0 Å². The van der Waals surface area contributed by atoms with Crippen LogP contribution in [0.1, 0.15) is 24.3 Å². The van der Waals surface area contributed by atoms with Crippen LogP contribution in [-0.2, 0) is 9.47 Å². The number of methoxy groups -OCH3 is 1. The van der Waals surface area contributed by atoms with Gasteiger partial charge in [-0.25, -0.2) is 4.39 Å². The van der Waals surface area contributed by atoms with Gasteiger partial charge in [0.05, 0.1) is 13.2 Å². The molecule has 0 heterocycles. The molecule has 3 nitrogen and oxygen atoms in total. The van der Waals surface area contributed by atoms with Crippen molar-refractivity contribution in [2.24, 2.45) is 5.73 Å². The van der Waals surface area contributed by atoms with Gasteiger partial charge in [0.1, 0.15) is 5.82 Å². The Morgan fingerprint density at radius 3 is 2.67 bits per heavy atom. The van der Waals surface area contributed by atoms with Gasteiger partial charge >= 0.3 is 0 Å². The lowest BCUT2D eigenvalue weighted by molar-refractivity contribution is 0.0682. The minimum absolute atomic E-state index is 0.0669. The molecule has 0 aromatic heterocycles. The highest BCUT2D eigenvalue weighted by atomic mass is 19.1. The summed E-state index contributed by atoms with van der Waals surface area (Å²) in [7, 11) is 1.64.